The normalized spacial score (nSPS) is 16.5. The number of hydrogen-bond acceptors (Lipinski definition) is 4. The molecule has 6 nitrogen and oxygen atoms in total. The van der Waals surface area contributed by atoms with E-state index >= 15 is 0 Å². The molecule has 0 bridgehead atoms. The summed E-state index contributed by atoms with van der Waals surface area (Å²) in [6.45, 7) is 2.77. The molecule has 1 aliphatic heterocycles. The van der Waals surface area contributed by atoms with E-state index in [0.717, 1.165) is 6.42 Å². The number of nitriles is 1. The number of piperidine rings is 1. The van der Waals surface area contributed by atoms with Crippen LogP contribution in [0, 0.1) is 17.2 Å². The maximum absolute atomic E-state index is 12.3. The Morgan fingerprint density at radius 2 is 1.92 bits per heavy atom. The van der Waals surface area contributed by atoms with Gasteiger partial charge in [0.1, 0.15) is 0 Å². The molecule has 2 rings (SSSR count). The molecule has 1 saturated heterocycles. The number of amides is 1. The van der Waals surface area contributed by atoms with E-state index in [0.29, 0.717) is 43.6 Å². The Bertz CT molecular complexity index is 700. The van der Waals surface area contributed by atoms with E-state index < -0.39 is 10.0 Å². The van der Waals surface area contributed by atoms with Gasteiger partial charge in [0.25, 0.3) is 0 Å². The first-order valence-corrected chi connectivity index (χ1v) is 9.86. The monoisotopic (exact) mass is 349 g/mol. The lowest BCUT2D eigenvalue weighted by atomic mass is 9.97. The lowest BCUT2D eigenvalue weighted by molar-refractivity contribution is -0.120. The minimum absolute atomic E-state index is 0.0923. The fraction of sp³-hybridized carbons (Fsp3) is 0.529. The van der Waals surface area contributed by atoms with Crippen molar-refractivity contribution in [2.75, 3.05) is 24.2 Å². The Morgan fingerprint density at radius 1 is 1.29 bits per heavy atom. The molecule has 0 aliphatic carbocycles. The van der Waals surface area contributed by atoms with E-state index in [1.807, 2.05) is 13.0 Å². The largest absolute Gasteiger partial charge is 0.326 e. The zero-order chi connectivity index (χ0) is 17.6. The second kappa shape index (κ2) is 8.27. The Balaban J connectivity index is 1.87. The fourth-order valence-electron chi connectivity index (χ4n) is 2.72. The van der Waals surface area contributed by atoms with Crippen LogP contribution in [0.25, 0.3) is 0 Å². The molecule has 1 heterocycles. The van der Waals surface area contributed by atoms with Gasteiger partial charge in [0, 0.05) is 24.7 Å². The van der Waals surface area contributed by atoms with Crippen LogP contribution in [0.4, 0.5) is 5.69 Å². The quantitative estimate of drug-likeness (QED) is 0.853. The second-order valence-corrected chi connectivity index (χ2v) is 8.11. The number of nitrogens with zero attached hydrogens (tertiary/aromatic N) is 2. The lowest BCUT2D eigenvalue weighted by Gasteiger charge is -2.30. The zero-order valence-electron chi connectivity index (χ0n) is 13.9. The van der Waals surface area contributed by atoms with Gasteiger partial charge in [-0.25, -0.2) is 12.7 Å². The predicted molar refractivity (Wildman–Crippen MR) is 92.8 cm³/mol. The minimum Gasteiger partial charge on any atom is -0.326 e. The first-order valence-electron chi connectivity index (χ1n) is 8.25. The first kappa shape index (κ1) is 18.4. The van der Waals surface area contributed by atoms with Crippen molar-refractivity contribution < 1.29 is 13.2 Å². The topological polar surface area (TPSA) is 90.3 Å². The van der Waals surface area contributed by atoms with E-state index in [1.165, 1.54) is 4.31 Å². The van der Waals surface area contributed by atoms with Gasteiger partial charge in [-0.15, -0.1) is 0 Å². The van der Waals surface area contributed by atoms with Crippen LogP contribution in [0.1, 0.15) is 38.2 Å². The molecular formula is C17H23N3O3S. The summed E-state index contributed by atoms with van der Waals surface area (Å²) in [6.07, 6.45) is 2.59. The molecule has 0 spiro atoms. The summed E-state index contributed by atoms with van der Waals surface area (Å²) in [4.78, 5) is 12.3. The van der Waals surface area contributed by atoms with Gasteiger partial charge in [0.05, 0.1) is 17.4 Å². The first-order chi connectivity index (χ1) is 11.5. The van der Waals surface area contributed by atoms with Crippen molar-refractivity contribution in [3.63, 3.8) is 0 Å². The van der Waals surface area contributed by atoms with Gasteiger partial charge in [0.2, 0.25) is 15.9 Å². The molecule has 0 atom stereocenters. The highest BCUT2D eigenvalue weighted by molar-refractivity contribution is 7.89. The van der Waals surface area contributed by atoms with Crippen molar-refractivity contribution in [1.82, 2.24) is 4.31 Å². The molecule has 0 saturated carbocycles. The van der Waals surface area contributed by atoms with Gasteiger partial charge >= 0.3 is 0 Å². The van der Waals surface area contributed by atoms with Crippen molar-refractivity contribution in [3.8, 4) is 6.07 Å². The highest BCUT2D eigenvalue weighted by atomic mass is 32.2. The summed E-state index contributed by atoms with van der Waals surface area (Å²) in [5, 5.41) is 11.6. The van der Waals surface area contributed by atoms with Crippen LogP contribution in [0.15, 0.2) is 24.3 Å². The predicted octanol–water partition coefficient (Wildman–Crippen LogP) is 2.34. The summed E-state index contributed by atoms with van der Waals surface area (Å²) in [5.41, 5.74) is 1.19. The number of rotatable bonds is 6. The number of carbonyl (C=O) groups excluding carboxylic acids is 1. The molecule has 0 aromatic heterocycles. The van der Waals surface area contributed by atoms with Crippen molar-refractivity contribution >= 4 is 21.6 Å². The molecule has 7 heteroatoms. The molecule has 1 fully saturated rings. The molecule has 0 unspecified atom stereocenters. The van der Waals surface area contributed by atoms with Gasteiger partial charge in [-0.3, -0.25) is 4.79 Å². The summed E-state index contributed by atoms with van der Waals surface area (Å²) in [7, 11) is -3.19. The van der Waals surface area contributed by atoms with Crippen molar-refractivity contribution in [2.24, 2.45) is 5.92 Å². The molecule has 130 valence electrons. The molecule has 1 amide bonds. The van der Waals surface area contributed by atoms with Crippen LogP contribution in [0.2, 0.25) is 0 Å². The number of sulfonamides is 1. The molecule has 24 heavy (non-hydrogen) atoms. The standard InChI is InChI=1S/C17H23N3O3S/c1-2-3-12-24(22,23)20-10-8-15(9-11-20)17(21)19-16-6-4-14(13-18)5-7-16/h4-7,15H,2-3,8-12H2,1H3,(H,19,21). The van der Waals surface area contributed by atoms with E-state index in [1.54, 1.807) is 24.3 Å². The molecule has 1 aromatic rings. The number of hydrogen-bond donors (Lipinski definition) is 1. The smallest absolute Gasteiger partial charge is 0.227 e. The third-order valence-electron chi connectivity index (χ3n) is 4.26. The average Bonchev–Trinajstić information content (AvgIpc) is 2.60. The SMILES string of the molecule is CCCCS(=O)(=O)N1CCC(C(=O)Nc2ccc(C#N)cc2)CC1. The third-order valence-corrected chi connectivity index (χ3v) is 6.21. The van der Waals surface area contributed by atoms with Crippen LogP contribution in [-0.2, 0) is 14.8 Å². The van der Waals surface area contributed by atoms with Crippen LogP contribution in [-0.4, -0.2) is 37.5 Å². The van der Waals surface area contributed by atoms with E-state index in [9.17, 15) is 13.2 Å². The number of carbonyl (C=O) groups is 1. The van der Waals surface area contributed by atoms with Gasteiger partial charge < -0.3 is 5.32 Å². The van der Waals surface area contributed by atoms with Crippen LogP contribution >= 0.6 is 0 Å². The third kappa shape index (κ3) is 4.79. The highest BCUT2D eigenvalue weighted by Gasteiger charge is 2.30. The molecule has 1 aromatic carbocycles. The maximum atomic E-state index is 12.3. The average molecular weight is 349 g/mol. The second-order valence-electron chi connectivity index (χ2n) is 6.02. The number of anilines is 1. The van der Waals surface area contributed by atoms with Gasteiger partial charge in [-0.2, -0.15) is 5.26 Å². The summed E-state index contributed by atoms with van der Waals surface area (Å²) < 4.78 is 25.9. The summed E-state index contributed by atoms with van der Waals surface area (Å²) in [6, 6.07) is 8.72. The summed E-state index contributed by atoms with van der Waals surface area (Å²) >= 11 is 0. The van der Waals surface area contributed by atoms with Gasteiger partial charge in [-0.05, 0) is 43.5 Å². The number of benzene rings is 1. The van der Waals surface area contributed by atoms with Crippen LogP contribution in [0.5, 0.6) is 0 Å². The number of unbranched alkanes of at least 4 members (excludes halogenated alkanes) is 1. The van der Waals surface area contributed by atoms with E-state index in [4.69, 9.17) is 5.26 Å². The Hall–Kier alpha value is -1.91. The van der Waals surface area contributed by atoms with Crippen molar-refractivity contribution in [3.05, 3.63) is 29.8 Å². The number of nitrogens with one attached hydrogen (secondary N) is 1. The Kier molecular flexibility index (Phi) is 6.35. The molecule has 0 radical (unpaired) electrons. The van der Waals surface area contributed by atoms with E-state index in [-0.39, 0.29) is 17.6 Å². The lowest BCUT2D eigenvalue weighted by Crippen LogP contribution is -2.42. The zero-order valence-corrected chi connectivity index (χ0v) is 14.7. The van der Waals surface area contributed by atoms with Gasteiger partial charge in [0.15, 0.2) is 0 Å². The maximum Gasteiger partial charge on any atom is 0.227 e. The van der Waals surface area contributed by atoms with Crippen molar-refractivity contribution in [1.29, 1.82) is 5.26 Å². The van der Waals surface area contributed by atoms with Gasteiger partial charge in [-0.1, -0.05) is 13.3 Å². The fourth-order valence-corrected chi connectivity index (χ4v) is 4.40. The highest BCUT2D eigenvalue weighted by Crippen LogP contribution is 2.22. The van der Waals surface area contributed by atoms with Crippen LogP contribution in [0.3, 0.4) is 0 Å². The Morgan fingerprint density at radius 3 is 2.46 bits per heavy atom. The molecule has 1 N–H and O–H groups in total. The molecular weight excluding hydrogens is 326 g/mol. The summed E-state index contributed by atoms with van der Waals surface area (Å²) in [5.74, 6) is -0.0883. The molecule has 1 aliphatic rings. The Labute approximate surface area is 143 Å². The van der Waals surface area contributed by atoms with E-state index in [2.05, 4.69) is 5.32 Å². The van der Waals surface area contributed by atoms with Crippen molar-refractivity contribution in [2.45, 2.75) is 32.6 Å². The van der Waals surface area contributed by atoms with Crippen LogP contribution < -0.4 is 5.32 Å². The minimum atomic E-state index is -3.19.